The van der Waals surface area contributed by atoms with Crippen molar-refractivity contribution in [2.75, 3.05) is 0 Å². The fourth-order valence-electron chi connectivity index (χ4n) is 17.4. The highest BCUT2D eigenvalue weighted by atomic mass is 31.2. The van der Waals surface area contributed by atoms with E-state index in [-0.39, 0.29) is 5.78 Å². The first kappa shape index (κ1) is 77.3. The van der Waals surface area contributed by atoms with Crippen molar-refractivity contribution in [1.29, 1.82) is 0 Å². The van der Waals surface area contributed by atoms with Gasteiger partial charge in [0.2, 0.25) is 11.4 Å². The molecule has 16 aromatic carbocycles. The summed E-state index contributed by atoms with van der Waals surface area (Å²) in [6.07, 6.45) is -2.43. The highest BCUT2D eigenvalue weighted by molar-refractivity contribution is 7.86. The van der Waals surface area contributed by atoms with Crippen LogP contribution in [0.5, 0.6) is 0 Å². The first-order valence-corrected chi connectivity index (χ1v) is 42.8. The molecule has 0 atom stereocenters. The molecule has 8 heteroatoms. The third-order valence-electron chi connectivity index (χ3n) is 22.1. The summed E-state index contributed by atoms with van der Waals surface area (Å²) in [6.45, 7) is 16.3. The Morgan fingerprint density at radius 2 is 0.425 bits per heavy atom. The van der Waals surface area contributed by atoms with Crippen molar-refractivity contribution in [2.24, 2.45) is 0 Å². The standard InChI is InChI=1S/C54H48N2OP2.2C24H20B.C3H6O/c1-37-33-39(3)51(40(4)34-37)55-58(43-21-11-7-12-22-43,44-23-13-8-14-24-44)49-31-19-29-47-48-30-20-32-50(54(48)57-53(47)49)59(45-25-15-9-16-26-45,46-27-17-10-18-28-46)56-52-41(5)35-38(2)36-42(52)6;2*1-5-13-21(14-6-1)25(22-15-7-2-8-16-22,23-17-9-3-10-18-23)24-19-11-4-12-20-24;1-3(2)4/h7-36H,1-6H3;2*1-20H;1-2H3/q;2*-1;/p+2. The lowest BCUT2D eigenvalue weighted by Crippen LogP contribution is -2.74. The minimum Gasteiger partial charge on any atom is -0.454 e. The summed E-state index contributed by atoms with van der Waals surface area (Å²) in [5, 5.41) is 9.49. The van der Waals surface area contributed by atoms with Gasteiger partial charge in [-0.05, 0) is 140 Å². The quantitative estimate of drug-likeness (QED) is 0.0748. The number of carbonyl (C=O) groups excluding carboxylic acids is 1. The van der Waals surface area contributed by atoms with Crippen LogP contribution in [0.1, 0.15) is 47.2 Å². The molecule has 0 aliphatic carbocycles. The van der Waals surface area contributed by atoms with E-state index >= 15 is 0 Å². The Kier molecular flexibility index (Phi) is 24.1. The highest BCUT2D eigenvalue weighted by Gasteiger charge is 2.41. The van der Waals surface area contributed by atoms with Crippen LogP contribution >= 0.6 is 14.1 Å². The molecular weight excluding hydrogens is 1400 g/mol. The van der Waals surface area contributed by atoms with Crippen LogP contribution in [-0.4, -0.2) is 18.1 Å². The van der Waals surface area contributed by atoms with E-state index in [4.69, 9.17) is 4.42 Å². The Morgan fingerprint density at radius 1 is 0.248 bits per heavy atom. The maximum Gasteiger partial charge on any atom is 0.205 e. The van der Waals surface area contributed by atoms with Crippen LogP contribution in [0.25, 0.3) is 21.9 Å². The lowest BCUT2D eigenvalue weighted by atomic mass is 9.13. The van der Waals surface area contributed by atoms with Gasteiger partial charge in [0.1, 0.15) is 29.2 Å². The zero-order chi connectivity index (χ0) is 78.2. The van der Waals surface area contributed by atoms with Crippen LogP contribution in [0.2, 0.25) is 0 Å². The van der Waals surface area contributed by atoms with E-state index in [1.54, 1.807) is 0 Å². The number of fused-ring (bicyclic) bond motifs is 3. The first-order chi connectivity index (χ1) is 55.3. The molecule has 0 radical (unpaired) electrons. The zero-order valence-corrected chi connectivity index (χ0v) is 67.6. The number of furan rings is 1. The Labute approximate surface area is 668 Å². The minimum atomic E-state index is -2.64. The second-order valence-corrected chi connectivity index (χ2v) is 36.0. The molecule has 0 amide bonds. The second kappa shape index (κ2) is 35.3. The number of ketones is 1. The molecule has 1 aromatic heterocycles. The number of hydrogen-bond acceptors (Lipinski definition) is 2. The molecule has 0 aliphatic heterocycles. The molecule has 554 valence electrons. The van der Waals surface area contributed by atoms with Crippen molar-refractivity contribution in [3.05, 3.63) is 458 Å². The molecule has 17 rings (SSSR count). The van der Waals surface area contributed by atoms with Gasteiger partial charge in [-0.1, -0.05) is 351 Å². The molecule has 0 bridgehead atoms. The van der Waals surface area contributed by atoms with Crippen molar-refractivity contribution in [3.63, 3.8) is 0 Å². The molecule has 4 nitrogen and oxygen atoms in total. The predicted molar refractivity (Wildman–Crippen MR) is 490 cm³/mol. The number of rotatable bonds is 16. The molecule has 113 heavy (non-hydrogen) atoms. The Hall–Kier alpha value is -12.4. The highest BCUT2D eigenvalue weighted by Crippen LogP contribution is 2.47. The van der Waals surface area contributed by atoms with Gasteiger partial charge in [0, 0.05) is 54.2 Å². The van der Waals surface area contributed by atoms with Gasteiger partial charge in [0.15, 0.2) is 14.1 Å². The summed E-state index contributed by atoms with van der Waals surface area (Å²) in [5.41, 5.74) is 22.3. The molecular formula is C105H96B2N2O2P2. The molecule has 0 saturated carbocycles. The SMILES string of the molecule is CC(C)=O.Cc1cc(C)c([NH+]=P(c2ccccc2)(c2ccccc2)c2cccc3c2oc2c(P(=[NH+]c4c(C)cc(C)cc4C)(c4ccccc4)c4ccccc4)cccc23)c(C)c1.c1ccc([B-](c2ccccc2)(c2ccccc2)c2ccccc2)cc1.c1ccc([B-](c2ccccc2)(c2ccccc2)c2ccccc2)cc1. The third kappa shape index (κ3) is 15.7. The van der Waals surface area contributed by atoms with Crippen molar-refractivity contribution in [3.8, 4) is 0 Å². The maximum absolute atomic E-state index is 9.44. The van der Waals surface area contributed by atoms with Crippen LogP contribution in [0.3, 0.4) is 0 Å². The monoisotopic (exact) mass is 1500 g/mol. The zero-order valence-electron chi connectivity index (χ0n) is 65.8. The van der Waals surface area contributed by atoms with Gasteiger partial charge >= 0.3 is 0 Å². The van der Waals surface area contributed by atoms with E-state index in [2.05, 4.69) is 476 Å². The third-order valence-corrected chi connectivity index (χ3v) is 29.6. The van der Waals surface area contributed by atoms with E-state index in [1.807, 2.05) is 0 Å². The molecule has 0 fully saturated rings. The number of Topliss-reactive ketones (excluding diaryl/α,β-unsaturated/α-hetero) is 1. The van der Waals surface area contributed by atoms with Crippen LogP contribution in [0.15, 0.2) is 429 Å². The van der Waals surface area contributed by atoms with Gasteiger partial charge in [-0.3, -0.25) is 0 Å². The van der Waals surface area contributed by atoms with Gasteiger partial charge in [-0.15, -0.1) is 0 Å². The van der Waals surface area contributed by atoms with Gasteiger partial charge in [-0.25, -0.2) is 9.49 Å². The maximum atomic E-state index is 9.44. The number of nitrogens with one attached hydrogen (secondary N) is 2. The minimum absolute atomic E-state index is 0.167. The van der Waals surface area contributed by atoms with E-state index in [0.717, 1.165) is 43.9 Å². The number of carbonyl (C=O) groups is 1. The summed E-state index contributed by atoms with van der Waals surface area (Å²) in [4.78, 5) is 9.44. The number of benzene rings is 16. The van der Waals surface area contributed by atoms with Crippen LogP contribution in [0.4, 0.5) is 11.4 Å². The molecule has 17 aromatic rings. The van der Waals surface area contributed by atoms with Crippen molar-refractivity contribution >= 4 is 141 Å². The van der Waals surface area contributed by atoms with E-state index in [9.17, 15) is 4.79 Å². The van der Waals surface area contributed by atoms with Crippen LogP contribution < -0.4 is 85.0 Å². The second-order valence-electron chi connectivity index (χ2n) is 29.8. The van der Waals surface area contributed by atoms with Crippen molar-refractivity contribution < 1.29 is 18.7 Å². The fourth-order valence-corrected chi connectivity index (χ4v) is 25.3. The van der Waals surface area contributed by atoms with Crippen molar-refractivity contribution in [2.45, 2.75) is 55.4 Å². The summed E-state index contributed by atoms with van der Waals surface area (Å²) < 4.78 is 16.3. The first-order valence-electron chi connectivity index (χ1n) is 39.2. The topological polar surface area (TPSA) is 58.1 Å². The Bertz CT molecular complexity index is 5300. The average Bonchev–Trinajstić information content (AvgIpc) is 1.72. The lowest BCUT2D eigenvalue weighted by molar-refractivity contribution is -0.328. The van der Waals surface area contributed by atoms with Gasteiger partial charge < -0.3 is 9.21 Å². The Morgan fingerprint density at radius 3 is 0.611 bits per heavy atom. The number of para-hydroxylation sites is 2. The van der Waals surface area contributed by atoms with Crippen molar-refractivity contribution in [1.82, 2.24) is 0 Å². The van der Waals surface area contributed by atoms with E-state index < -0.39 is 26.4 Å². The normalized spacial score (nSPS) is 11.4. The molecule has 0 spiro atoms. The molecule has 1 heterocycles. The molecule has 0 aliphatic rings. The van der Waals surface area contributed by atoms with E-state index in [1.165, 1.54) is 112 Å². The van der Waals surface area contributed by atoms with Gasteiger partial charge in [0.05, 0.1) is 10.6 Å². The smallest absolute Gasteiger partial charge is 0.205 e. The van der Waals surface area contributed by atoms with E-state index in [0.29, 0.717) is 0 Å². The average molecular weight is 1500 g/mol. The summed E-state index contributed by atoms with van der Waals surface area (Å²) in [7, 11) is -5.28. The lowest BCUT2D eigenvalue weighted by Gasteiger charge is -2.44. The number of hydrogen-bond donors (Lipinski definition) is 2. The number of aryl methyl sites for hydroxylation is 6. The summed E-state index contributed by atoms with van der Waals surface area (Å²) in [5.74, 6) is 0.167. The largest absolute Gasteiger partial charge is 0.454 e. The molecule has 2 N–H and O–H groups in total. The molecule has 0 unspecified atom stereocenters. The fraction of sp³-hybridized carbons (Fsp3) is 0.0762. The van der Waals surface area contributed by atoms with Gasteiger partial charge in [0.25, 0.3) is 0 Å². The Balaban J connectivity index is 0.000000160. The summed E-state index contributed by atoms with van der Waals surface area (Å²) in [6, 6.07) is 154. The van der Waals surface area contributed by atoms with Crippen LogP contribution in [0, 0.1) is 41.5 Å². The molecule has 0 saturated heterocycles. The predicted octanol–water partition coefficient (Wildman–Crippen LogP) is 15.9. The van der Waals surface area contributed by atoms with Gasteiger partial charge in [-0.2, -0.15) is 43.7 Å². The van der Waals surface area contributed by atoms with Crippen LogP contribution in [-0.2, 0) is 4.79 Å². The summed E-state index contributed by atoms with van der Waals surface area (Å²) >= 11 is 0.